The number of nitrogens with zero attached hydrogens (tertiary/aromatic N) is 1. The van der Waals surface area contributed by atoms with Crippen molar-refractivity contribution in [3.05, 3.63) is 106 Å². The smallest absolute Gasteiger partial charge is 0.748 e. The number of hydrogen-bond acceptors (Lipinski definition) is 10. The number of rotatable bonds is 8. The monoisotopic (exact) mass is 861 g/mol. The van der Waals surface area contributed by atoms with Crippen molar-refractivity contribution in [3.63, 3.8) is 0 Å². The van der Waals surface area contributed by atoms with Crippen molar-refractivity contribution in [1.82, 2.24) is 0 Å². The van der Waals surface area contributed by atoms with Crippen LogP contribution in [0.2, 0.25) is 0 Å². The molecule has 320 valence electrons. The van der Waals surface area contributed by atoms with Crippen molar-refractivity contribution in [2.75, 3.05) is 19.8 Å². The molecular weight excluding hydrogens is 806 g/mol. The van der Waals surface area contributed by atoms with Gasteiger partial charge in [0.2, 0.25) is 5.72 Å². The quantitative estimate of drug-likeness (QED) is 0.0482. The molecule has 3 aromatic carbocycles. The summed E-state index contributed by atoms with van der Waals surface area (Å²) in [5.74, 6) is 4.72. The van der Waals surface area contributed by atoms with Crippen LogP contribution in [0, 0.1) is 41.4 Å². The van der Waals surface area contributed by atoms with Gasteiger partial charge in [-0.2, -0.15) is 0 Å². The zero-order valence-corrected chi connectivity index (χ0v) is 37.8. The number of aliphatic hydroxyl groups is 3. The molecule has 0 aromatic heterocycles. The maximum atomic E-state index is 14.0. The maximum absolute atomic E-state index is 14.0. The Balaban J connectivity index is 0.00000561. The Morgan fingerprint density at radius 2 is 1.80 bits per heavy atom. The number of ether oxygens (including phenoxy) is 2. The van der Waals surface area contributed by atoms with Crippen molar-refractivity contribution < 1.29 is 72.4 Å². The molecule has 3 aromatic rings. The molecule has 0 radical (unpaired) electrons. The summed E-state index contributed by atoms with van der Waals surface area (Å²) in [6, 6.07) is 18.4. The Bertz CT molecular complexity index is 2310. The van der Waals surface area contributed by atoms with Crippen LogP contribution in [-0.4, -0.2) is 70.5 Å². The summed E-state index contributed by atoms with van der Waals surface area (Å²) in [6.07, 6.45) is 5.21. The summed E-state index contributed by atoms with van der Waals surface area (Å²) < 4.78 is 55.8. The van der Waals surface area contributed by atoms with E-state index in [1.165, 1.54) is 0 Å². The maximum Gasteiger partial charge on any atom is 1.00 e. The second-order valence-corrected chi connectivity index (χ2v) is 19.4. The number of benzene rings is 3. The van der Waals surface area contributed by atoms with E-state index in [9.17, 15) is 33.4 Å². The average Bonchev–Trinajstić information content (AvgIpc) is 3.34. The standard InChI is InChI=1S/C47H57N3O9S.Na/c1-27-5-6-32-20-37-12-14-39(32)41(27)23-43(60(55,56)57)42-22-34-18-33(21-38-17-28(25-52)3-2-4-31-19-36(54)11-13-40(31)45(34)58-38)44(42)30-7-9-35(10-8-30)47(59-37,50-46(48)49)24-29(26-53)15-16-51;/h7-14,19-20,22,27-29,33,38,41-45,51-54H,3,5-6,15-18,21,23-26H2,1H3,(H4,48,49,50)(H,55,56,57);/q;+1/p-1. The minimum Gasteiger partial charge on any atom is -0.748 e. The molecule has 12 nitrogen and oxygen atoms in total. The molecule has 5 heterocycles. The van der Waals surface area contributed by atoms with Crippen LogP contribution in [0.3, 0.4) is 0 Å². The van der Waals surface area contributed by atoms with Gasteiger partial charge in [0.05, 0.1) is 21.5 Å². The summed E-state index contributed by atoms with van der Waals surface area (Å²) in [6.45, 7) is 1.64. The number of phenolic OH excluding ortho intramolecular Hbond substituents is 1. The zero-order chi connectivity index (χ0) is 42.3. The Kier molecular flexibility index (Phi) is 14.0. The summed E-state index contributed by atoms with van der Waals surface area (Å²) in [5.41, 5.74) is 16.4. The largest absolute Gasteiger partial charge is 1.00 e. The number of fused-ring (bicyclic) bond motifs is 9. The molecule has 8 N–H and O–H groups in total. The number of nitrogens with two attached hydrogens (primary N) is 2. The van der Waals surface area contributed by atoms with Gasteiger partial charge in [-0.05, 0) is 133 Å². The van der Waals surface area contributed by atoms with Crippen LogP contribution < -0.4 is 45.8 Å². The minimum absolute atomic E-state index is 0. The van der Waals surface area contributed by atoms with Crippen molar-refractivity contribution in [1.29, 1.82) is 0 Å². The van der Waals surface area contributed by atoms with Crippen molar-refractivity contribution in [2.45, 2.75) is 99.7 Å². The van der Waals surface area contributed by atoms with Crippen molar-refractivity contribution in [3.8, 4) is 23.3 Å². The fourth-order valence-electron chi connectivity index (χ4n) is 11.0. The molecule has 0 spiro atoms. The molecule has 0 saturated carbocycles. The minimum atomic E-state index is -4.90. The molecule has 7 aliphatic rings. The number of hydrogen-bond donors (Lipinski definition) is 6. The number of guanidine groups is 1. The third kappa shape index (κ3) is 9.45. The van der Waals surface area contributed by atoms with Gasteiger partial charge >= 0.3 is 29.6 Å². The van der Waals surface area contributed by atoms with Gasteiger partial charge in [0.1, 0.15) is 17.6 Å². The van der Waals surface area contributed by atoms with E-state index in [-0.39, 0.29) is 110 Å². The van der Waals surface area contributed by atoms with Crippen LogP contribution in [0.5, 0.6) is 11.5 Å². The van der Waals surface area contributed by atoms with Gasteiger partial charge in [-0.15, -0.1) is 0 Å². The SMILES string of the molecule is CC1CCc2cc3ccc2C1CC(S(=O)(=O)[O-])C1C=C2CC(CC4CC(CO)CC#Cc5cc(O)ccc5C2O4)C1c1ccc(cc1)C(CC(CO)CCO)(N=C(N)N)O3.[Na+]. The first kappa shape index (κ1) is 45.6. The zero-order valence-electron chi connectivity index (χ0n) is 34.9. The third-order valence-corrected chi connectivity index (χ3v) is 15.2. The number of phenols is 1. The molecule has 11 unspecified atom stereocenters. The van der Waals surface area contributed by atoms with Gasteiger partial charge in [-0.3, -0.25) is 0 Å². The fourth-order valence-corrected chi connectivity index (χ4v) is 12.1. The first-order chi connectivity index (χ1) is 28.8. The van der Waals surface area contributed by atoms with E-state index in [2.05, 4.69) is 18.8 Å². The molecule has 1 saturated heterocycles. The molecule has 10 rings (SSSR count). The van der Waals surface area contributed by atoms with Gasteiger partial charge in [0.25, 0.3) is 0 Å². The summed E-state index contributed by atoms with van der Waals surface area (Å²) >= 11 is 0. The van der Waals surface area contributed by atoms with E-state index >= 15 is 0 Å². The molecule has 14 heteroatoms. The van der Waals surface area contributed by atoms with E-state index in [4.69, 9.17) is 25.9 Å². The number of aliphatic imine (C=N–C) groups is 1. The number of allylic oxidation sites excluding steroid dienone is 1. The Morgan fingerprint density at radius 1 is 1.03 bits per heavy atom. The molecule has 0 amide bonds. The van der Waals surface area contributed by atoms with Gasteiger partial charge in [0, 0.05) is 49.4 Å². The van der Waals surface area contributed by atoms with Crippen LogP contribution in [-0.2, 0) is 27.0 Å². The molecule has 1 fully saturated rings. The van der Waals surface area contributed by atoms with E-state index in [0.29, 0.717) is 42.6 Å². The van der Waals surface area contributed by atoms with E-state index in [1.807, 2.05) is 54.6 Å². The third-order valence-electron chi connectivity index (χ3n) is 13.9. The van der Waals surface area contributed by atoms with Crippen molar-refractivity contribution in [2.24, 2.45) is 46.0 Å². The Hall–Kier alpha value is -3.42. The number of aromatic hydroxyl groups is 1. The Morgan fingerprint density at radius 3 is 2.51 bits per heavy atom. The fraction of sp³-hybridized carbons (Fsp3) is 0.511. The molecule has 2 aliphatic carbocycles. The van der Waals surface area contributed by atoms with Crippen LogP contribution in [0.4, 0.5) is 0 Å². The van der Waals surface area contributed by atoms with Gasteiger partial charge < -0.3 is 45.9 Å². The molecule has 11 atom stereocenters. The first-order valence-corrected chi connectivity index (χ1v) is 22.7. The van der Waals surface area contributed by atoms with Gasteiger partial charge in [-0.1, -0.05) is 61.2 Å². The Labute approximate surface area is 380 Å². The van der Waals surface area contributed by atoms with Gasteiger partial charge in [-0.25, -0.2) is 13.4 Å². The predicted octanol–water partition coefficient (Wildman–Crippen LogP) is 2.20. The summed E-state index contributed by atoms with van der Waals surface area (Å²) in [4.78, 5) is 4.73. The second-order valence-electron chi connectivity index (χ2n) is 17.8. The van der Waals surface area contributed by atoms with Crippen molar-refractivity contribution >= 4 is 16.1 Å². The van der Waals surface area contributed by atoms with Crippen LogP contribution in [0.25, 0.3) is 0 Å². The van der Waals surface area contributed by atoms with Crippen LogP contribution in [0.15, 0.2) is 77.3 Å². The molecule has 5 aliphatic heterocycles. The van der Waals surface area contributed by atoms with Crippen LogP contribution >= 0.6 is 0 Å². The van der Waals surface area contributed by atoms with E-state index < -0.39 is 45.0 Å². The number of aliphatic hydroxyl groups excluding tert-OH is 3. The molecule has 10 bridgehead atoms. The molecule has 61 heavy (non-hydrogen) atoms. The molecular formula is C47H56N3NaO9S. The summed E-state index contributed by atoms with van der Waals surface area (Å²) in [5, 5.41) is 40.1. The summed E-state index contributed by atoms with van der Waals surface area (Å²) in [7, 11) is -4.90. The normalized spacial score (nSPS) is 30.8. The predicted molar refractivity (Wildman–Crippen MR) is 226 cm³/mol. The second kappa shape index (κ2) is 18.7. The van der Waals surface area contributed by atoms with Crippen LogP contribution in [0.1, 0.15) is 110 Å². The van der Waals surface area contributed by atoms with E-state index in [0.717, 1.165) is 40.7 Å². The average molecular weight is 862 g/mol. The first-order valence-electron chi connectivity index (χ1n) is 21.3. The topological polar surface area (TPSA) is 221 Å². The van der Waals surface area contributed by atoms with E-state index in [1.54, 1.807) is 12.1 Å². The number of aryl methyl sites for hydroxylation is 1. The van der Waals surface area contributed by atoms with Gasteiger partial charge in [0.15, 0.2) is 5.96 Å².